The van der Waals surface area contributed by atoms with Crippen molar-refractivity contribution < 1.29 is 9.53 Å². The van der Waals surface area contributed by atoms with Gasteiger partial charge in [0.05, 0.1) is 28.5 Å². The lowest BCUT2D eigenvalue weighted by Crippen LogP contribution is -2.40. The fourth-order valence-corrected chi connectivity index (χ4v) is 6.86. The Morgan fingerprint density at radius 1 is 1.02 bits per heavy atom. The van der Waals surface area contributed by atoms with E-state index in [1.165, 1.54) is 29.9 Å². The Kier molecular flexibility index (Phi) is 7.94. The molecular formula is C33H31N3O3S2. The molecule has 1 saturated heterocycles. The van der Waals surface area contributed by atoms with Crippen LogP contribution in [0.4, 0.5) is 5.69 Å². The van der Waals surface area contributed by atoms with Crippen molar-refractivity contribution in [2.45, 2.75) is 30.7 Å². The normalized spacial score (nSPS) is 17.0. The highest BCUT2D eigenvalue weighted by atomic mass is 32.2. The van der Waals surface area contributed by atoms with Gasteiger partial charge in [-0.3, -0.25) is 9.36 Å². The Balaban J connectivity index is 1.54. The number of hydrogen-bond acceptors (Lipinski definition) is 7. The largest absolute Gasteiger partial charge is 0.463 e. The number of thiazole rings is 1. The number of thioether (sulfide) groups is 1. The van der Waals surface area contributed by atoms with Crippen molar-refractivity contribution in [3.05, 3.63) is 121 Å². The fraction of sp³-hybridized carbons (Fsp3) is 0.242. The summed E-state index contributed by atoms with van der Waals surface area (Å²) in [6.07, 6.45) is 6.39. The molecule has 3 heterocycles. The van der Waals surface area contributed by atoms with E-state index in [0.29, 0.717) is 20.6 Å². The minimum absolute atomic E-state index is 0.176. The standard InChI is InChI=1S/C33H31N3O3S2/c1-3-39-32(38)28-29(23-9-5-4-6-10-23)34-33-36(30(28)24-13-17-26(40-2)18-14-24)31(37)27(41-33)21-22-11-15-25(16-12-22)35-19-7-8-20-35/h4-6,9-18,21,30H,3,7-8,19-20H2,1-2H3/b27-21+/t30-/m0/s1. The molecule has 1 atom stereocenters. The smallest absolute Gasteiger partial charge is 0.338 e. The van der Waals surface area contributed by atoms with Crippen LogP contribution in [0.25, 0.3) is 11.8 Å². The van der Waals surface area contributed by atoms with Gasteiger partial charge in [0.15, 0.2) is 4.80 Å². The van der Waals surface area contributed by atoms with Gasteiger partial charge in [-0.15, -0.1) is 11.8 Å². The van der Waals surface area contributed by atoms with Gasteiger partial charge in [-0.2, -0.15) is 0 Å². The van der Waals surface area contributed by atoms with Gasteiger partial charge in [0.25, 0.3) is 5.56 Å². The molecular weight excluding hydrogens is 551 g/mol. The molecule has 1 aromatic heterocycles. The molecule has 2 aliphatic heterocycles. The van der Waals surface area contributed by atoms with E-state index in [0.717, 1.165) is 34.7 Å². The van der Waals surface area contributed by atoms with Crippen molar-refractivity contribution >= 4 is 46.5 Å². The summed E-state index contributed by atoms with van der Waals surface area (Å²) in [5, 5.41) is 0. The van der Waals surface area contributed by atoms with Gasteiger partial charge in [0, 0.05) is 29.2 Å². The van der Waals surface area contributed by atoms with E-state index in [1.54, 1.807) is 23.3 Å². The van der Waals surface area contributed by atoms with Gasteiger partial charge in [-0.1, -0.05) is 65.9 Å². The van der Waals surface area contributed by atoms with Crippen LogP contribution in [-0.2, 0) is 9.53 Å². The fourth-order valence-electron chi connectivity index (χ4n) is 5.45. The minimum Gasteiger partial charge on any atom is -0.463 e. The van der Waals surface area contributed by atoms with Crippen molar-refractivity contribution in [2.75, 3.05) is 30.9 Å². The van der Waals surface area contributed by atoms with E-state index in [9.17, 15) is 9.59 Å². The van der Waals surface area contributed by atoms with Gasteiger partial charge in [-0.25, -0.2) is 9.79 Å². The summed E-state index contributed by atoms with van der Waals surface area (Å²) in [6.45, 7) is 4.18. The summed E-state index contributed by atoms with van der Waals surface area (Å²) in [4.78, 5) is 36.6. The molecule has 0 unspecified atom stereocenters. The molecule has 1 fully saturated rings. The van der Waals surface area contributed by atoms with Crippen molar-refractivity contribution in [3.63, 3.8) is 0 Å². The van der Waals surface area contributed by atoms with Crippen LogP contribution < -0.4 is 19.8 Å². The third-order valence-corrected chi connectivity index (χ3v) is 9.19. The monoisotopic (exact) mass is 581 g/mol. The van der Waals surface area contributed by atoms with Crippen molar-refractivity contribution in [1.82, 2.24) is 4.57 Å². The summed E-state index contributed by atoms with van der Waals surface area (Å²) in [5.41, 5.74) is 4.52. The predicted octanol–water partition coefficient (Wildman–Crippen LogP) is 5.26. The summed E-state index contributed by atoms with van der Waals surface area (Å²) >= 11 is 2.99. The Hall–Kier alpha value is -3.88. The predicted molar refractivity (Wildman–Crippen MR) is 167 cm³/mol. The minimum atomic E-state index is -0.670. The van der Waals surface area contributed by atoms with Crippen LogP contribution in [0.2, 0.25) is 0 Å². The Bertz CT molecular complexity index is 1770. The van der Waals surface area contributed by atoms with Crippen molar-refractivity contribution in [2.24, 2.45) is 4.99 Å². The van der Waals surface area contributed by atoms with Gasteiger partial charge in [-0.05, 0) is 67.5 Å². The topological polar surface area (TPSA) is 63.9 Å². The third-order valence-electron chi connectivity index (χ3n) is 7.47. The average Bonchev–Trinajstić information content (AvgIpc) is 3.66. The molecule has 2 aliphatic rings. The zero-order valence-corrected chi connectivity index (χ0v) is 24.7. The molecule has 208 valence electrons. The summed E-state index contributed by atoms with van der Waals surface area (Å²) in [6, 6.07) is 25.3. The van der Waals surface area contributed by atoms with E-state index < -0.39 is 12.0 Å². The average molecular weight is 582 g/mol. The maximum atomic E-state index is 14.1. The van der Waals surface area contributed by atoms with Crippen LogP contribution in [0.15, 0.2) is 99.1 Å². The third kappa shape index (κ3) is 5.42. The quantitative estimate of drug-likeness (QED) is 0.220. The number of carbonyl (C=O) groups excluding carboxylic acids is 1. The van der Waals surface area contributed by atoms with Crippen LogP contribution in [0, 0.1) is 0 Å². The number of rotatable bonds is 7. The van der Waals surface area contributed by atoms with Gasteiger partial charge in [0.1, 0.15) is 0 Å². The lowest BCUT2D eigenvalue weighted by molar-refractivity contribution is -0.138. The van der Waals surface area contributed by atoms with Crippen molar-refractivity contribution in [3.8, 4) is 0 Å². The van der Waals surface area contributed by atoms with E-state index in [4.69, 9.17) is 9.73 Å². The number of nitrogens with zero attached hydrogens (tertiary/aromatic N) is 3. The van der Waals surface area contributed by atoms with Gasteiger partial charge < -0.3 is 9.64 Å². The maximum Gasteiger partial charge on any atom is 0.338 e. The number of ether oxygens (including phenoxy) is 1. The first-order valence-electron chi connectivity index (χ1n) is 13.8. The Morgan fingerprint density at radius 2 is 1.73 bits per heavy atom. The molecule has 0 bridgehead atoms. The van der Waals surface area contributed by atoms with Crippen LogP contribution >= 0.6 is 23.1 Å². The lowest BCUT2D eigenvalue weighted by atomic mass is 9.93. The number of esters is 1. The summed E-state index contributed by atoms with van der Waals surface area (Å²) in [5.74, 6) is -0.471. The highest BCUT2D eigenvalue weighted by molar-refractivity contribution is 7.98. The number of benzene rings is 3. The molecule has 3 aromatic carbocycles. The highest BCUT2D eigenvalue weighted by Crippen LogP contribution is 2.35. The van der Waals surface area contributed by atoms with E-state index in [1.807, 2.05) is 66.9 Å². The molecule has 0 saturated carbocycles. The van der Waals surface area contributed by atoms with Crippen molar-refractivity contribution in [1.29, 1.82) is 0 Å². The molecule has 4 aromatic rings. The maximum absolute atomic E-state index is 14.1. The first-order chi connectivity index (χ1) is 20.1. The van der Waals surface area contributed by atoms with E-state index in [2.05, 4.69) is 29.2 Å². The molecule has 8 heteroatoms. The second-order valence-electron chi connectivity index (χ2n) is 9.99. The zero-order valence-electron chi connectivity index (χ0n) is 23.1. The van der Waals surface area contributed by atoms with Crippen LogP contribution in [0.5, 0.6) is 0 Å². The molecule has 0 amide bonds. The number of fused-ring (bicyclic) bond motifs is 1. The molecule has 0 spiro atoms. The van der Waals surface area contributed by atoms with Gasteiger partial charge in [0.2, 0.25) is 0 Å². The molecule has 0 N–H and O–H groups in total. The van der Waals surface area contributed by atoms with Crippen LogP contribution in [0.3, 0.4) is 0 Å². The van der Waals surface area contributed by atoms with E-state index in [-0.39, 0.29) is 12.2 Å². The summed E-state index contributed by atoms with van der Waals surface area (Å²) < 4.78 is 7.78. The molecule has 41 heavy (non-hydrogen) atoms. The van der Waals surface area contributed by atoms with Gasteiger partial charge >= 0.3 is 5.97 Å². The van der Waals surface area contributed by atoms with Crippen LogP contribution in [0.1, 0.15) is 42.5 Å². The Labute approximate surface area is 247 Å². The van der Waals surface area contributed by atoms with E-state index >= 15 is 0 Å². The molecule has 6 nitrogen and oxygen atoms in total. The first kappa shape index (κ1) is 27.3. The number of carbonyl (C=O) groups is 1. The molecule has 6 rings (SSSR count). The molecule has 0 aliphatic carbocycles. The second-order valence-corrected chi connectivity index (χ2v) is 11.9. The number of anilines is 1. The Morgan fingerprint density at radius 3 is 2.39 bits per heavy atom. The number of hydrogen-bond donors (Lipinski definition) is 0. The SMILES string of the molecule is CCOC(=O)C1=C(c2ccccc2)N=c2s/c(=C/c3ccc(N4CCCC4)cc3)c(=O)n2[C@H]1c1ccc(SC)cc1. The highest BCUT2D eigenvalue weighted by Gasteiger charge is 2.35. The molecule has 0 radical (unpaired) electrons. The van der Waals surface area contributed by atoms with Crippen LogP contribution in [-0.4, -0.2) is 36.5 Å². The first-order valence-corrected chi connectivity index (χ1v) is 15.9. The second kappa shape index (κ2) is 11.9. The lowest BCUT2D eigenvalue weighted by Gasteiger charge is -2.26. The summed E-state index contributed by atoms with van der Waals surface area (Å²) in [7, 11) is 0. The zero-order chi connectivity index (χ0) is 28.3. The number of aromatic nitrogens is 1.